The van der Waals surface area contributed by atoms with Crippen LogP contribution in [0.15, 0.2) is 24.4 Å². The van der Waals surface area contributed by atoms with E-state index in [0.29, 0.717) is 18.8 Å². The van der Waals surface area contributed by atoms with Crippen LogP contribution in [-0.4, -0.2) is 35.8 Å². The first-order chi connectivity index (χ1) is 6.74. The van der Waals surface area contributed by atoms with E-state index >= 15 is 0 Å². The van der Waals surface area contributed by atoms with Crippen LogP contribution in [0.3, 0.4) is 0 Å². The van der Waals surface area contributed by atoms with Crippen LogP contribution in [0.25, 0.3) is 0 Å². The lowest BCUT2D eigenvalue weighted by molar-refractivity contribution is 0.0948. The number of hydrogen-bond donors (Lipinski definition) is 0. The van der Waals surface area contributed by atoms with Gasteiger partial charge in [-0.25, -0.2) is 0 Å². The molecule has 0 aliphatic rings. The summed E-state index contributed by atoms with van der Waals surface area (Å²) in [6.45, 7) is 0.778. The van der Waals surface area contributed by atoms with Crippen LogP contribution < -0.4 is 0 Å². The van der Waals surface area contributed by atoms with Gasteiger partial charge in [0.05, 0.1) is 13.1 Å². The number of rotatable bonds is 4. The van der Waals surface area contributed by atoms with Crippen LogP contribution in [-0.2, 0) is 0 Å². The molecular weight excluding hydrogens is 176 g/mol. The van der Waals surface area contributed by atoms with Gasteiger partial charge >= 0.3 is 0 Å². The molecule has 0 radical (unpaired) electrons. The van der Waals surface area contributed by atoms with Crippen molar-refractivity contribution >= 4 is 5.78 Å². The van der Waals surface area contributed by atoms with E-state index in [1.54, 1.807) is 36.3 Å². The summed E-state index contributed by atoms with van der Waals surface area (Å²) in [5.74, 6) is 2.47. The fraction of sp³-hybridized carbons (Fsp3) is 0.273. The zero-order valence-electron chi connectivity index (χ0n) is 8.10. The highest BCUT2D eigenvalue weighted by Crippen LogP contribution is 1.96. The van der Waals surface area contributed by atoms with E-state index in [2.05, 4.69) is 10.9 Å². The smallest absolute Gasteiger partial charge is 0.195 e. The maximum absolute atomic E-state index is 11.6. The first-order valence-electron chi connectivity index (χ1n) is 4.30. The predicted octanol–water partition coefficient (Wildman–Crippen LogP) is 0.829. The number of carbonyl (C=O) groups is 1. The molecule has 0 spiro atoms. The molecule has 0 saturated carbocycles. The largest absolute Gasteiger partial charge is 0.291 e. The minimum atomic E-state index is -0.0108. The van der Waals surface area contributed by atoms with Crippen LogP contribution in [0.1, 0.15) is 10.5 Å². The SMILES string of the molecule is C#CCN(C)CC(=O)c1ccccn1. The van der Waals surface area contributed by atoms with Crippen molar-refractivity contribution in [3.05, 3.63) is 30.1 Å². The topological polar surface area (TPSA) is 33.2 Å². The first kappa shape index (κ1) is 10.4. The maximum atomic E-state index is 11.6. The fourth-order valence-corrected chi connectivity index (χ4v) is 1.07. The summed E-state index contributed by atoms with van der Waals surface area (Å²) in [5, 5.41) is 0. The van der Waals surface area contributed by atoms with Gasteiger partial charge in [-0.2, -0.15) is 0 Å². The van der Waals surface area contributed by atoms with Crippen LogP contribution in [0, 0.1) is 12.3 Å². The second-order valence-corrected chi connectivity index (χ2v) is 3.01. The second-order valence-electron chi connectivity index (χ2n) is 3.01. The molecule has 0 aliphatic heterocycles. The Labute approximate surface area is 83.8 Å². The highest BCUT2D eigenvalue weighted by atomic mass is 16.1. The fourth-order valence-electron chi connectivity index (χ4n) is 1.07. The lowest BCUT2D eigenvalue weighted by Gasteiger charge is -2.10. The molecule has 1 aromatic rings. The molecule has 0 fully saturated rings. The van der Waals surface area contributed by atoms with E-state index < -0.39 is 0 Å². The molecule has 0 unspecified atom stereocenters. The number of nitrogens with zero attached hydrogens (tertiary/aromatic N) is 2. The van der Waals surface area contributed by atoms with Gasteiger partial charge in [0, 0.05) is 6.20 Å². The van der Waals surface area contributed by atoms with Gasteiger partial charge in [-0.05, 0) is 19.2 Å². The number of likely N-dealkylation sites (N-methyl/N-ethyl adjacent to an activating group) is 1. The van der Waals surface area contributed by atoms with E-state index in [1.165, 1.54) is 0 Å². The number of terminal acetylenes is 1. The van der Waals surface area contributed by atoms with Gasteiger partial charge in [0.1, 0.15) is 5.69 Å². The summed E-state index contributed by atoms with van der Waals surface area (Å²) in [6.07, 6.45) is 6.73. The molecule has 3 nitrogen and oxygen atoms in total. The lowest BCUT2D eigenvalue weighted by Crippen LogP contribution is -2.26. The molecule has 0 saturated heterocycles. The summed E-state index contributed by atoms with van der Waals surface area (Å²) in [4.78, 5) is 17.3. The third-order valence-corrected chi connectivity index (χ3v) is 1.73. The number of Topliss-reactive ketones (excluding diaryl/α,β-unsaturated/α-hetero) is 1. The van der Waals surface area contributed by atoms with Gasteiger partial charge in [0.15, 0.2) is 5.78 Å². The average molecular weight is 188 g/mol. The van der Waals surface area contributed by atoms with Gasteiger partial charge in [-0.15, -0.1) is 6.42 Å². The summed E-state index contributed by atoms with van der Waals surface area (Å²) in [6, 6.07) is 5.27. The number of pyridine rings is 1. The molecule has 0 aliphatic carbocycles. The maximum Gasteiger partial charge on any atom is 0.195 e. The Hall–Kier alpha value is -1.66. The average Bonchev–Trinajstić information content (AvgIpc) is 2.19. The van der Waals surface area contributed by atoms with Gasteiger partial charge in [0.25, 0.3) is 0 Å². The van der Waals surface area contributed by atoms with Crippen molar-refractivity contribution in [2.24, 2.45) is 0 Å². The van der Waals surface area contributed by atoms with Gasteiger partial charge in [0.2, 0.25) is 0 Å². The number of carbonyl (C=O) groups excluding carboxylic acids is 1. The predicted molar refractivity (Wildman–Crippen MR) is 54.9 cm³/mol. The molecule has 0 N–H and O–H groups in total. The third kappa shape index (κ3) is 3.00. The Morgan fingerprint density at radius 2 is 2.43 bits per heavy atom. The molecule has 0 aromatic carbocycles. The van der Waals surface area contributed by atoms with Crippen molar-refractivity contribution in [3.63, 3.8) is 0 Å². The first-order valence-corrected chi connectivity index (χ1v) is 4.30. The standard InChI is InChI=1S/C11H12N2O/c1-3-8-13(2)9-11(14)10-6-4-5-7-12-10/h1,4-7H,8-9H2,2H3. The van der Waals surface area contributed by atoms with Crippen LogP contribution in [0.5, 0.6) is 0 Å². The number of ketones is 1. The number of hydrogen-bond acceptors (Lipinski definition) is 3. The van der Waals surface area contributed by atoms with Crippen LogP contribution in [0.2, 0.25) is 0 Å². The highest BCUT2D eigenvalue weighted by molar-refractivity contribution is 5.95. The van der Waals surface area contributed by atoms with Crippen LogP contribution >= 0.6 is 0 Å². The lowest BCUT2D eigenvalue weighted by atomic mass is 10.2. The molecule has 0 atom stereocenters. The highest BCUT2D eigenvalue weighted by Gasteiger charge is 2.08. The van der Waals surface area contributed by atoms with Crippen molar-refractivity contribution in [3.8, 4) is 12.3 Å². The summed E-state index contributed by atoms with van der Waals surface area (Å²) in [5.41, 5.74) is 0.483. The van der Waals surface area contributed by atoms with E-state index in [0.717, 1.165) is 0 Å². The minimum absolute atomic E-state index is 0.0108. The van der Waals surface area contributed by atoms with Crippen molar-refractivity contribution in [1.29, 1.82) is 0 Å². The monoisotopic (exact) mass is 188 g/mol. The van der Waals surface area contributed by atoms with E-state index in [9.17, 15) is 4.79 Å². The van der Waals surface area contributed by atoms with Crippen molar-refractivity contribution in [2.75, 3.05) is 20.1 Å². The van der Waals surface area contributed by atoms with E-state index in [4.69, 9.17) is 6.42 Å². The number of aromatic nitrogens is 1. The quantitative estimate of drug-likeness (QED) is 0.518. The Balaban J connectivity index is 2.56. The Morgan fingerprint density at radius 3 is 3.00 bits per heavy atom. The van der Waals surface area contributed by atoms with E-state index in [1.807, 2.05) is 0 Å². The summed E-state index contributed by atoms with van der Waals surface area (Å²) in [7, 11) is 1.81. The minimum Gasteiger partial charge on any atom is -0.291 e. The van der Waals surface area contributed by atoms with Crippen molar-refractivity contribution in [2.45, 2.75) is 0 Å². The van der Waals surface area contributed by atoms with Crippen molar-refractivity contribution < 1.29 is 4.79 Å². The third-order valence-electron chi connectivity index (χ3n) is 1.73. The van der Waals surface area contributed by atoms with E-state index in [-0.39, 0.29) is 5.78 Å². The Morgan fingerprint density at radius 1 is 1.64 bits per heavy atom. The van der Waals surface area contributed by atoms with Gasteiger partial charge < -0.3 is 0 Å². The zero-order valence-corrected chi connectivity index (χ0v) is 8.10. The molecule has 1 aromatic heterocycles. The zero-order chi connectivity index (χ0) is 10.4. The molecular formula is C11H12N2O. The summed E-state index contributed by atoms with van der Waals surface area (Å²) >= 11 is 0. The molecule has 72 valence electrons. The molecule has 14 heavy (non-hydrogen) atoms. The second kappa shape index (κ2) is 5.15. The normalized spacial score (nSPS) is 9.79. The molecule has 3 heteroatoms. The van der Waals surface area contributed by atoms with Gasteiger partial charge in [-0.1, -0.05) is 12.0 Å². The summed E-state index contributed by atoms with van der Waals surface area (Å²) < 4.78 is 0. The van der Waals surface area contributed by atoms with Crippen molar-refractivity contribution in [1.82, 2.24) is 9.88 Å². The van der Waals surface area contributed by atoms with Gasteiger partial charge in [-0.3, -0.25) is 14.7 Å². The van der Waals surface area contributed by atoms with Crippen LogP contribution in [0.4, 0.5) is 0 Å². The molecule has 0 amide bonds. The molecule has 1 rings (SSSR count). The Kier molecular flexibility index (Phi) is 3.84. The molecule has 1 heterocycles. The Bertz CT molecular complexity index is 340. The molecule has 0 bridgehead atoms.